The molecule has 0 radical (unpaired) electrons. The minimum atomic E-state index is 0.338. The molecule has 0 aromatic carbocycles. The van der Waals surface area contributed by atoms with E-state index < -0.39 is 0 Å². The Morgan fingerprint density at radius 1 is 0.737 bits per heavy atom. The van der Waals surface area contributed by atoms with E-state index in [1.54, 1.807) is 0 Å². The molecule has 19 heavy (non-hydrogen) atoms. The number of nitrogens with zero attached hydrogens (tertiary/aromatic N) is 1. The van der Waals surface area contributed by atoms with Gasteiger partial charge in [0.15, 0.2) is 0 Å². The van der Waals surface area contributed by atoms with E-state index in [1.165, 1.54) is 64.5 Å². The Kier molecular flexibility index (Phi) is 15.8. The number of aliphatic hydroxyl groups excluding tert-OH is 1. The van der Waals surface area contributed by atoms with Crippen molar-refractivity contribution in [1.29, 1.82) is 0 Å². The van der Waals surface area contributed by atoms with Gasteiger partial charge in [0.2, 0.25) is 0 Å². The second-order valence-corrected chi connectivity index (χ2v) is 5.54. The predicted molar refractivity (Wildman–Crippen MR) is 84.4 cm³/mol. The van der Waals surface area contributed by atoms with Gasteiger partial charge in [0.25, 0.3) is 0 Å². The van der Waals surface area contributed by atoms with Gasteiger partial charge in [0.05, 0.1) is 0 Å². The molecule has 3 N–H and O–H groups in total. The zero-order valence-corrected chi connectivity index (χ0v) is 13.1. The maximum atomic E-state index is 8.74. The average Bonchev–Trinajstić information content (AvgIpc) is 2.42. The van der Waals surface area contributed by atoms with Crippen LogP contribution in [-0.2, 0) is 0 Å². The molecule has 0 unspecified atom stereocenters. The summed E-state index contributed by atoms with van der Waals surface area (Å²) in [6.07, 6.45) is 12.8. The number of hydrogen-bond acceptors (Lipinski definition) is 3. The van der Waals surface area contributed by atoms with Crippen LogP contribution in [0.5, 0.6) is 0 Å². The van der Waals surface area contributed by atoms with E-state index in [4.69, 9.17) is 10.8 Å². The molecule has 116 valence electrons. The molecule has 0 fully saturated rings. The molecule has 3 heteroatoms. The van der Waals surface area contributed by atoms with Crippen LogP contribution in [0.1, 0.15) is 71.1 Å². The molecule has 0 aliphatic carbocycles. The number of unbranched alkanes of at least 4 members (excludes halogenated alkanes) is 8. The van der Waals surface area contributed by atoms with Crippen LogP contribution in [0.3, 0.4) is 0 Å². The zero-order valence-electron chi connectivity index (χ0n) is 13.1. The first-order valence-electron chi connectivity index (χ1n) is 8.38. The molecule has 0 saturated carbocycles. The third-order valence-corrected chi connectivity index (χ3v) is 3.66. The summed E-state index contributed by atoms with van der Waals surface area (Å²) in [6, 6.07) is 0. The molecule has 0 rings (SSSR count). The van der Waals surface area contributed by atoms with Crippen LogP contribution >= 0.6 is 0 Å². The van der Waals surface area contributed by atoms with Crippen molar-refractivity contribution >= 4 is 0 Å². The van der Waals surface area contributed by atoms with E-state index in [9.17, 15) is 0 Å². The number of aliphatic hydroxyl groups is 1. The first-order valence-corrected chi connectivity index (χ1v) is 8.38. The van der Waals surface area contributed by atoms with Gasteiger partial charge in [-0.25, -0.2) is 0 Å². The van der Waals surface area contributed by atoms with Crippen LogP contribution in [0.2, 0.25) is 0 Å². The van der Waals surface area contributed by atoms with Crippen molar-refractivity contribution in [3.8, 4) is 0 Å². The van der Waals surface area contributed by atoms with E-state index in [2.05, 4.69) is 11.8 Å². The lowest BCUT2D eigenvalue weighted by molar-refractivity contribution is 0.259. The van der Waals surface area contributed by atoms with E-state index in [-0.39, 0.29) is 0 Å². The predicted octanol–water partition coefficient (Wildman–Crippen LogP) is 3.16. The lowest BCUT2D eigenvalue weighted by atomic mass is 10.1. The molecule has 0 atom stereocenters. The standard InChI is InChI=1S/C16H36N2O/c1-2-3-4-5-6-9-13-18(15-12-17)14-10-7-8-11-16-19/h19H,2-17H2,1H3. The van der Waals surface area contributed by atoms with Gasteiger partial charge in [-0.3, -0.25) is 0 Å². The molecule has 0 aromatic rings. The Hall–Kier alpha value is -0.120. The van der Waals surface area contributed by atoms with E-state index >= 15 is 0 Å². The molecule has 0 bridgehead atoms. The van der Waals surface area contributed by atoms with Crippen LogP contribution in [0, 0.1) is 0 Å². The number of rotatable bonds is 15. The van der Waals surface area contributed by atoms with E-state index in [0.29, 0.717) is 6.61 Å². The highest BCUT2D eigenvalue weighted by atomic mass is 16.2. The average molecular weight is 272 g/mol. The van der Waals surface area contributed by atoms with Crippen LogP contribution in [-0.4, -0.2) is 42.8 Å². The Morgan fingerprint density at radius 3 is 1.79 bits per heavy atom. The van der Waals surface area contributed by atoms with Crippen molar-refractivity contribution in [3.05, 3.63) is 0 Å². The smallest absolute Gasteiger partial charge is 0.0431 e. The Balaban J connectivity index is 3.45. The second-order valence-electron chi connectivity index (χ2n) is 5.54. The number of hydrogen-bond donors (Lipinski definition) is 2. The highest BCUT2D eigenvalue weighted by Crippen LogP contribution is 2.07. The molecule has 0 aromatic heterocycles. The van der Waals surface area contributed by atoms with Crippen molar-refractivity contribution in [2.75, 3.05) is 32.8 Å². The maximum absolute atomic E-state index is 8.74. The number of nitrogens with two attached hydrogens (primary N) is 1. The minimum Gasteiger partial charge on any atom is -0.396 e. The zero-order chi connectivity index (χ0) is 14.2. The topological polar surface area (TPSA) is 49.5 Å². The van der Waals surface area contributed by atoms with E-state index in [0.717, 1.165) is 25.9 Å². The van der Waals surface area contributed by atoms with Crippen LogP contribution in [0.25, 0.3) is 0 Å². The van der Waals surface area contributed by atoms with Crippen LogP contribution in [0.4, 0.5) is 0 Å². The van der Waals surface area contributed by atoms with Gasteiger partial charge in [-0.2, -0.15) is 0 Å². The molecule has 0 aliphatic heterocycles. The molecule has 0 aliphatic rings. The summed E-state index contributed by atoms with van der Waals surface area (Å²) in [5.41, 5.74) is 5.68. The van der Waals surface area contributed by atoms with Crippen molar-refractivity contribution in [2.45, 2.75) is 71.1 Å². The minimum absolute atomic E-state index is 0.338. The van der Waals surface area contributed by atoms with Gasteiger partial charge in [0.1, 0.15) is 0 Å². The lowest BCUT2D eigenvalue weighted by Gasteiger charge is -2.21. The fourth-order valence-corrected chi connectivity index (χ4v) is 2.43. The third-order valence-electron chi connectivity index (χ3n) is 3.66. The molecule has 0 heterocycles. The molecule has 0 spiro atoms. The SMILES string of the molecule is CCCCCCCCN(CCN)CCCCCCO. The summed E-state index contributed by atoms with van der Waals surface area (Å²) in [6.45, 7) is 6.80. The Labute approximate surface area is 120 Å². The summed E-state index contributed by atoms with van der Waals surface area (Å²) in [5, 5.41) is 8.74. The summed E-state index contributed by atoms with van der Waals surface area (Å²) >= 11 is 0. The van der Waals surface area contributed by atoms with Gasteiger partial charge in [0, 0.05) is 19.7 Å². The summed E-state index contributed by atoms with van der Waals surface area (Å²) in [7, 11) is 0. The van der Waals surface area contributed by atoms with E-state index in [1.807, 2.05) is 0 Å². The van der Waals surface area contributed by atoms with Gasteiger partial charge in [-0.05, 0) is 32.4 Å². The molecular formula is C16H36N2O. The van der Waals surface area contributed by atoms with Crippen LogP contribution in [0.15, 0.2) is 0 Å². The molecule has 0 amide bonds. The van der Waals surface area contributed by atoms with Crippen molar-refractivity contribution in [2.24, 2.45) is 5.73 Å². The second kappa shape index (κ2) is 15.9. The summed E-state index contributed by atoms with van der Waals surface area (Å²) in [5.74, 6) is 0. The fourth-order valence-electron chi connectivity index (χ4n) is 2.43. The third kappa shape index (κ3) is 14.1. The quantitative estimate of drug-likeness (QED) is 0.450. The normalized spacial score (nSPS) is 11.4. The van der Waals surface area contributed by atoms with Gasteiger partial charge in [-0.1, -0.05) is 51.9 Å². The van der Waals surface area contributed by atoms with Gasteiger partial charge < -0.3 is 15.7 Å². The molecule has 3 nitrogen and oxygen atoms in total. The molecule has 0 saturated heterocycles. The maximum Gasteiger partial charge on any atom is 0.0431 e. The van der Waals surface area contributed by atoms with Crippen molar-refractivity contribution in [1.82, 2.24) is 4.90 Å². The Bertz CT molecular complexity index is 165. The summed E-state index contributed by atoms with van der Waals surface area (Å²) < 4.78 is 0. The highest BCUT2D eigenvalue weighted by Gasteiger charge is 2.03. The molecular weight excluding hydrogens is 236 g/mol. The highest BCUT2D eigenvalue weighted by molar-refractivity contribution is 4.59. The van der Waals surface area contributed by atoms with Gasteiger partial charge in [-0.15, -0.1) is 0 Å². The monoisotopic (exact) mass is 272 g/mol. The fraction of sp³-hybridized carbons (Fsp3) is 1.00. The lowest BCUT2D eigenvalue weighted by Crippen LogP contribution is -2.31. The van der Waals surface area contributed by atoms with Gasteiger partial charge >= 0.3 is 0 Å². The summed E-state index contributed by atoms with van der Waals surface area (Å²) in [4.78, 5) is 2.51. The Morgan fingerprint density at radius 2 is 1.26 bits per heavy atom. The first-order chi connectivity index (χ1) is 9.35. The largest absolute Gasteiger partial charge is 0.396 e. The first kappa shape index (κ1) is 18.9. The van der Waals surface area contributed by atoms with Crippen molar-refractivity contribution in [3.63, 3.8) is 0 Å². The van der Waals surface area contributed by atoms with Crippen LogP contribution < -0.4 is 5.73 Å². The van der Waals surface area contributed by atoms with Crippen molar-refractivity contribution < 1.29 is 5.11 Å².